The van der Waals surface area contributed by atoms with E-state index >= 15 is 0 Å². The minimum Gasteiger partial charge on any atom is -0.467 e. The average Bonchev–Trinajstić information content (AvgIpc) is 2.83. The first-order chi connectivity index (χ1) is 9.97. The van der Waals surface area contributed by atoms with Crippen LogP contribution in [0.15, 0.2) is 30.3 Å². The zero-order valence-electron chi connectivity index (χ0n) is 13.2. The number of nitrogens with zero attached hydrogens (tertiary/aromatic N) is 1. The third-order valence-corrected chi connectivity index (χ3v) is 4.72. The number of ether oxygens (including phenoxy) is 1. The second-order valence-corrected chi connectivity index (χ2v) is 6.29. The monoisotopic (exact) mass is 290 g/mol. The van der Waals surface area contributed by atoms with Gasteiger partial charge in [0.05, 0.1) is 7.11 Å². The van der Waals surface area contributed by atoms with Crippen molar-refractivity contribution in [2.24, 2.45) is 17.6 Å². The highest BCUT2D eigenvalue weighted by atomic mass is 16.5. The molecule has 3 unspecified atom stereocenters. The van der Waals surface area contributed by atoms with Gasteiger partial charge in [-0.15, -0.1) is 0 Å². The van der Waals surface area contributed by atoms with Crippen molar-refractivity contribution < 1.29 is 9.53 Å². The molecule has 1 fully saturated rings. The van der Waals surface area contributed by atoms with Gasteiger partial charge in [-0.25, -0.2) is 4.79 Å². The van der Waals surface area contributed by atoms with Gasteiger partial charge in [-0.05, 0) is 23.8 Å². The lowest BCUT2D eigenvalue weighted by Gasteiger charge is -2.29. The van der Waals surface area contributed by atoms with Gasteiger partial charge in [-0.2, -0.15) is 0 Å². The molecule has 0 saturated carbocycles. The molecule has 3 atom stereocenters. The fraction of sp³-hybridized carbons (Fsp3) is 0.588. The molecule has 0 amide bonds. The Hall–Kier alpha value is -1.39. The quantitative estimate of drug-likeness (QED) is 0.843. The number of esters is 1. The highest BCUT2D eigenvalue weighted by Gasteiger charge is 2.38. The summed E-state index contributed by atoms with van der Waals surface area (Å²) in [5.41, 5.74) is 6.17. The lowest BCUT2D eigenvalue weighted by molar-refractivity contribution is -0.148. The maximum atomic E-state index is 12.2. The van der Waals surface area contributed by atoms with E-state index in [4.69, 9.17) is 10.5 Å². The summed E-state index contributed by atoms with van der Waals surface area (Å²) in [5, 5.41) is 0. The van der Waals surface area contributed by atoms with Crippen molar-refractivity contribution in [2.75, 3.05) is 26.7 Å². The summed E-state index contributed by atoms with van der Waals surface area (Å²) in [6, 6.07) is 9.52. The Balaban J connectivity index is 2.09. The summed E-state index contributed by atoms with van der Waals surface area (Å²) in [5.74, 6) is 1.04. The molecule has 0 aliphatic carbocycles. The molecule has 1 aliphatic heterocycles. The normalized spacial score (nSPS) is 25.5. The van der Waals surface area contributed by atoms with Crippen molar-refractivity contribution in [3.8, 4) is 0 Å². The van der Waals surface area contributed by atoms with Crippen molar-refractivity contribution in [1.29, 1.82) is 0 Å². The summed E-state index contributed by atoms with van der Waals surface area (Å²) in [6.45, 7) is 7.52. The Bertz CT molecular complexity index is 467. The Morgan fingerprint density at radius 1 is 1.29 bits per heavy atom. The van der Waals surface area contributed by atoms with Gasteiger partial charge in [0.2, 0.25) is 0 Å². The molecule has 1 aromatic carbocycles. The molecule has 1 saturated heterocycles. The maximum absolute atomic E-state index is 12.2. The predicted molar refractivity (Wildman–Crippen MR) is 83.7 cm³/mol. The van der Waals surface area contributed by atoms with Crippen LogP contribution in [0, 0.1) is 11.8 Å². The van der Waals surface area contributed by atoms with Crippen LogP contribution in [0.3, 0.4) is 0 Å². The summed E-state index contributed by atoms with van der Waals surface area (Å²) in [7, 11) is 1.40. The number of hydrogen-bond acceptors (Lipinski definition) is 4. The predicted octanol–water partition coefficient (Wildman–Crippen LogP) is 1.99. The smallest absolute Gasteiger partial charge is 0.330 e. The van der Waals surface area contributed by atoms with Crippen LogP contribution in [0.5, 0.6) is 0 Å². The Morgan fingerprint density at radius 3 is 2.38 bits per heavy atom. The largest absolute Gasteiger partial charge is 0.467 e. The van der Waals surface area contributed by atoms with E-state index in [9.17, 15) is 4.79 Å². The van der Waals surface area contributed by atoms with Gasteiger partial charge in [0, 0.05) is 19.6 Å². The first-order valence-electron chi connectivity index (χ1n) is 7.62. The highest BCUT2D eigenvalue weighted by molar-refractivity contribution is 5.82. The van der Waals surface area contributed by atoms with E-state index < -0.39 is 5.54 Å². The number of rotatable bonds is 5. The highest BCUT2D eigenvalue weighted by Crippen LogP contribution is 2.27. The van der Waals surface area contributed by atoms with Gasteiger partial charge in [0.15, 0.2) is 0 Å². The molecule has 0 bridgehead atoms. The summed E-state index contributed by atoms with van der Waals surface area (Å²) >= 11 is 0. The third-order valence-electron chi connectivity index (χ3n) is 4.72. The molecule has 0 spiro atoms. The van der Waals surface area contributed by atoms with Crippen molar-refractivity contribution in [2.45, 2.75) is 25.8 Å². The number of nitrogens with two attached hydrogens (primary N) is 1. The van der Waals surface area contributed by atoms with Crippen molar-refractivity contribution in [3.63, 3.8) is 0 Å². The van der Waals surface area contributed by atoms with Crippen LogP contribution in [-0.4, -0.2) is 37.6 Å². The number of likely N-dealkylation sites (tertiary alicyclic amines) is 1. The van der Waals surface area contributed by atoms with Crippen LogP contribution in [0.25, 0.3) is 0 Å². The molecule has 21 heavy (non-hydrogen) atoms. The molecule has 4 heteroatoms. The fourth-order valence-electron chi connectivity index (χ4n) is 3.05. The van der Waals surface area contributed by atoms with E-state index in [1.165, 1.54) is 7.11 Å². The van der Waals surface area contributed by atoms with Crippen LogP contribution in [0.2, 0.25) is 0 Å². The first-order valence-corrected chi connectivity index (χ1v) is 7.62. The van der Waals surface area contributed by atoms with E-state index in [1.54, 1.807) is 0 Å². The van der Waals surface area contributed by atoms with Crippen LogP contribution in [-0.2, 0) is 15.1 Å². The lowest BCUT2D eigenvalue weighted by Crippen LogP contribution is -2.48. The molecule has 0 radical (unpaired) electrons. The average molecular weight is 290 g/mol. The molecule has 0 aromatic heterocycles. The molecule has 1 aromatic rings. The molecular weight excluding hydrogens is 264 g/mol. The minimum absolute atomic E-state index is 0.367. The number of hydrogen-bond donors (Lipinski definition) is 1. The molecule has 1 aliphatic rings. The zero-order valence-corrected chi connectivity index (χ0v) is 13.2. The topological polar surface area (TPSA) is 55.6 Å². The van der Waals surface area contributed by atoms with E-state index in [0.29, 0.717) is 18.3 Å². The fourth-order valence-corrected chi connectivity index (χ4v) is 3.05. The SMILES string of the molecule is COC(=O)C(N)(CCN1CC(C)C(C)C1)c1ccccc1. The molecular formula is C17H26N2O2. The number of carbonyl (C=O) groups excluding carboxylic acids is 1. The maximum Gasteiger partial charge on any atom is 0.330 e. The van der Waals surface area contributed by atoms with E-state index in [-0.39, 0.29) is 5.97 Å². The van der Waals surface area contributed by atoms with E-state index in [1.807, 2.05) is 30.3 Å². The van der Waals surface area contributed by atoms with E-state index in [2.05, 4.69) is 18.7 Å². The van der Waals surface area contributed by atoms with Crippen LogP contribution in [0.1, 0.15) is 25.8 Å². The summed E-state index contributed by atoms with van der Waals surface area (Å²) in [6.07, 6.45) is 0.573. The molecule has 4 nitrogen and oxygen atoms in total. The number of benzene rings is 1. The van der Waals surface area contributed by atoms with Gasteiger partial charge >= 0.3 is 5.97 Å². The van der Waals surface area contributed by atoms with Gasteiger partial charge in [-0.1, -0.05) is 44.2 Å². The van der Waals surface area contributed by atoms with Crippen molar-refractivity contribution in [1.82, 2.24) is 4.90 Å². The Morgan fingerprint density at radius 2 is 1.86 bits per heavy atom. The summed E-state index contributed by atoms with van der Waals surface area (Å²) < 4.78 is 4.94. The van der Waals surface area contributed by atoms with Gasteiger partial charge in [0.25, 0.3) is 0 Å². The zero-order chi connectivity index (χ0) is 15.5. The second-order valence-electron chi connectivity index (χ2n) is 6.29. The van der Waals surface area contributed by atoms with Crippen LogP contribution >= 0.6 is 0 Å². The van der Waals surface area contributed by atoms with Gasteiger partial charge in [0.1, 0.15) is 5.54 Å². The molecule has 2 rings (SSSR count). The van der Waals surface area contributed by atoms with Gasteiger partial charge < -0.3 is 15.4 Å². The summed E-state index contributed by atoms with van der Waals surface area (Å²) in [4.78, 5) is 14.6. The van der Waals surface area contributed by atoms with Crippen molar-refractivity contribution >= 4 is 5.97 Å². The molecule has 2 N–H and O–H groups in total. The molecule has 1 heterocycles. The second kappa shape index (κ2) is 6.58. The Kier molecular flexibility index (Phi) is 5.01. The standard InChI is InChI=1S/C17H26N2O2/c1-13-11-19(12-14(13)2)10-9-17(18,16(20)21-3)15-7-5-4-6-8-15/h4-8,13-14H,9-12,18H2,1-3H3. The van der Waals surface area contributed by atoms with E-state index in [0.717, 1.165) is 25.2 Å². The third kappa shape index (κ3) is 3.44. The van der Waals surface area contributed by atoms with Crippen LogP contribution < -0.4 is 5.73 Å². The Labute approximate surface area is 127 Å². The van der Waals surface area contributed by atoms with Crippen LogP contribution in [0.4, 0.5) is 0 Å². The minimum atomic E-state index is -1.06. The number of carbonyl (C=O) groups is 1. The lowest BCUT2D eigenvalue weighted by atomic mass is 9.87. The van der Waals surface area contributed by atoms with Crippen molar-refractivity contribution in [3.05, 3.63) is 35.9 Å². The number of methoxy groups -OCH3 is 1. The van der Waals surface area contributed by atoms with Gasteiger partial charge in [-0.3, -0.25) is 0 Å². The first kappa shape index (κ1) is 16.0. The molecule has 116 valence electrons.